The van der Waals surface area contributed by atoms with E-state index in [0.717, 1.165) is 12.8 Å². The minimum atomic E-state index is -0.475. The van der Waals surface area contributed by atoms with E-state index < -0.39 is 4.92 Å². The van der Waals surface area contributed by atoms with Crippen LogP contribution >= 0.6 is 11.8 Å². The van der Waals surface area contributed by atoms with Gasteiger partial charge in [-0.15, -0.1) is 0 Å². The molecule has 0 spiro atoms. The Labute approximate surface area is 170 Å². The summed E-state index contributed by atoms with van der Waals surface area (Å²) in [5, 5.41) is 14.7. The molecule has 3 aromatic rings. The molecule has 1 heterocycles. The number of nitrogens with one attached hydrogen (secondary N) is 1. The summed E-state index contributed by atoms with van der Waals surface area (Å²) in [7, 11) is 0. The second kappa shape index (κ2) is 7.67. The van der Waals surface area contributed by atoms with Crippen molar-refractivity contribution in [3.8, 4) is 0 Å². The number of carbonyl (C=O) groups excluding carboxylic acids is 1. The quantitative estimate of drug-likeness (QED) is 0.287. The van der Waals surface area contributed by atoms with Crippen molar-refractivity contribution < 1.29 is 9.72 Å². The van der Waals surface area contributed by atoms with Crippen LogP contribution in [0.5, 0.6) is 0 Å². The fourth-order valence-corrected chi connectivity index (χ4v) is 3.97. The highest BCUT2D eigenvalue weighted by atomic mass is 32.2. The summed E-state index contributed by atoms with van der Waals surface area (Å²) in [6.07, 6.45) is 1.86. The number of hydrogen-bond donors (Lipinski definition) is 1. The average Bonchev–Trinajstić information content (AvgIpc) is 3.53. The van der Waals surface area contributed by atoms with Crippen LogP contribution in [0.2, 0.25) is 0 Å². The normalized spacial score (nSPS) is 13.4. The predicted octanol–water partition coefficient (Wildman–Crippen LogP) is 3.68. The Morgan fingerprint density at radius 1 is 1.31 bits per heavy atom. The van der Waals surface area contributed by atoms with E-state index in [9.17, 15) is 19.7 Å². The van der Waals surface area contributed by atoms with E-state index in [0.29, 0.717) is 27.3 Å². The van der Waals surface area contributed by atoms with Crippen LogP contribution in [0.3, 0.4) is 0 Å². The summed E-state index contributed by atoms with van der Waals surface area (Å²) in [5.74, 6) is -0.190. The minimum absolute atomic E-state index is 0.0244. The molecule has 0 atom stereocenters. The molecule has 8 nitrogen and oxygen atoms in total. The van der Waals surface area contributed by atoms with Crippen LogP contribution in [-0.2, 0) is 4.79 Å². The van der Waals surface area contributed by atoms with E-state index in [2.05, 4.69) is 10.3 Å². The Kier molecular flexibility index (Phi) is 5.06. The van der Waals surface area contributed by atoms with Crippen LogP contribution in [0.25, 0.3) is 10.9 Å². The molecule has 0 bridgehead atoms. The predicted molar refractivity (Wildman–Crippen MR) is 111 cm³/mol. The number of nitrogens with zero attached hydrogens (tertiary/aromatic N) is 3. The first kappa shape index (κ1) is 19.1. The van der Waals surface area contributed by atoms with E-state index in [1.165, 1.54) is 30.0 Å². The number of aryl methyl sites for hydroxylation is 1. The van der Waals surface area contributed by atoms with Crippen molar-refractivity contribution in [2.45, 2.75) is 31.0 Å². The Hall–Kier alpha value is -3.20. The van der Waals surface area contributed by atoms with E-state index in [1.807, 2.05) is 12.1 Å². The van der Waals surface area contributed by atoms with Gasteiger partial charge in [-0.2, -0.15) is 0 Å². The Bertz CT molecular complexity index is 1190. The number of thioether (sulfide) groups is 1. The molecule has 1 N–H and O–H groups in total. The number of amides is 1. The maximum Gasteiger partial charge on any atom is 0.269 e. The molecule has 2 aromatic carbocycles. The van der Waals surface area contributed by atoms with Crippen LogP contribution in [0.1, 0.15) is 24.4 Å². The van der Waals surface area contributed by atoms with Crippen molar-refractivity contribution in [2.24, 2.45) is 0 Å². The molecule has 1 aliphatic rings. The number of non-ortho nitro benzene ring substituents is 1. The number of aromatic nitrogens is 2. The van der Waals surface area contributed by atoms with E-state index >= 15 is 0 Å². The first-order chi connectivity index (χ1) is 13.9. The van der Waals surface area contributed by atoms with Gasteiger partial charge in [-0.3, -0.25) is 24.3 Å². The highest BCUT2D eigenvalue weighted by molar-refractivity contribution is 7.99. The Balaban J connectivity index is 1.52. The van der Waals surface area contributed by atoms with Gasteiger partial charge in [0, 0.05) is 23.9 Å². The molecular weight excluding hydrogens is 392 g/mol. The van der Waals surface area contributed by atoms with Crippen LogP contribution in [0.4, 0.5) is 11.4 Å². The SMILES string of the molecule is Cc1cc([N+](=O)[O-])ccc1NC(=O)CSc1nc2ccccc2c(=O)n1C1CC1. The first-order valence-corrected chi connectivity index (χ1v) is 10.1. The lowest BCUT2D eigenvalue weighted by Gasteiger charge is -2.12. The molecular formula is C20H18N4O4S. The van der Waals surface area contributed by atoms with Crippen molar-refractivity contribution in [2.75, 3.05) is 11.1 Å². The fraction of sp³-hybridized carbons (Fsp3) is 0.250. The first-order valence-electron chi connectivity index (χ1n) is 9.13. The van der Waals surface area contributed by atoms with E-state index in [4.69, 9.17) is 0 Å². The van der Waals surface area contributed by atoms with Crippen molar-refractivity contribution in [3.05, 3.63) is 68.5 Å². The van der Waals surface area contributed by atoms with Gasteiger partial charge in [0.25, 0.3) is 11.2 Å². The topological polar surface area (TPSA) is 107 Å². The second-order valence-corrected chi connectivity index (χ2v) is 7.85. The summed E-state index contributed by atoms with van der Waals surface area (Å²) >= 11 is 1.22. The number of carbonyl (C=O) groups is 1. The highest BCUT2D eigenvalue weighted by Gasteiger charge is 2.28. The van der Waals surface area contributed by atoms with Gasteiger partial charge in [-0.25, -0.2) is 4.98 Å². The molecule has 1 aliphatic carbocycles. The molecule has 148 valence electrons. The van der Waals surface area contributed by atoms with E-state index in [-0.39, 0.29) is 28.9 Å². The number of nitro benzene ring substituents is 1. The van der Waals surface area contributed by atoms with Crippen LogP contribution < -0.4 is 10.9 Å². The van der Waals surface area contributed by atoms with Gasteiger partial charge in [-0.1, -0.05) is 23.9 Å². The van der Waals surface area contributed by atoms with Gasteiger partial charge in [0.1, 0.15) is 0 Å². The summed E-state index contributed by atoms with van der Waals surface area (Å²) in [4.78, 5) is 40.2. The molecule has 9 heteroatoms. The van der Waals surface area contributed by atoms with Crippen LogP contribution in [-0.4, -0.2) is 26.1 Å². The van der Waals surface area contributed by atoms with Crippen LogP contribution in [0.15, 0.2) is 52.4 Å². The van der Waals surface area contributed by atoms with Gasteiger partial charge in [-0.05, 0) is 43.5 Å². The lowest BCUT2D eigenvalue weighted by atomic mass is 10.2. The summed E-state index contributed by atoms with van der Waals surface area (Å²) in [5.41, 5.74) is 1.64. The zero-order valence-corrected chi connectivity index (χ0v) is 16.4. The fourth-order valence-electron chi connectivity index (χ4n) is 3.10. The van der Waals surface area contributed by atoms with Gasteiger partial charge in [0.05, 0.1) is 21.6 Å². The molecule has 1 aromatic heterocycles. The lowest BCUT2D eigenvalue weighted by Crippen LogP contribution is -2.23. The number of benzene rings is 2. The highest BCUT2D eigenvalue weighted by Crippen LogP contribution is 2.36. The van der Waals surface area contributed by atoms with Crippen molar-refractivity contribution >= 4 is 39.9 Å². The number of para-hydroxylation sites is 1. The molecule has 0 unspecified atom stereocenters. The van der Waals surface area contributed by atoms with Crippen molar-refractivity contribution in [1.29, 1.82) is 0 Å². The van der Waals surface area contributed by atoms with Gasteiger partial charge in [0.2, 0.25) is 5.91 Å². The zero-order valence-electron chi connectivity index (χ0n) is 15.6. The number of nitro groups is 1. The summed E-state index contributed by atoms with van der Waals surface area (Å²) < 4.78 is 1.69. The molecule has 0 saturated heterocycles. The van der Waals surface area contributed by atoms with E-state index in [1.54, 1.807) is 23.6 Å². The van der Waals surface area contributed by atoms with Crippen LogP contribution in [0, 0.1) is 17.0 Å². The molecule has 1 amide bonds. The Morgan fingerprint density at radius 3 is 2.76 bits per heavy atom. The maximum atomic E-state index is 12.9. The summed E-state index contributed by atoms with van der Waals surface area (Å²) in [6.45, 7) is 1.70. The molecule has 1 saturated carbocycles. The minimum Gasteiger partial charge on any atom is -0.325 e. The third-order valence-electron chi connectivity index (χ3n) is 4.71. The third kappa shape index (κ3) is 4.00. The number of rotatable bonds is 6. The average molecular weight is 410 g/mol. The van der Waals surface area contributed by atoms with Gasteiger partial charge in [0.15, 0.2) is 5.16 Å². The zero-order chi connectivity index (χ0) is 20.5. The van der Waals surface area contributed by atoms with Gasteiger partial charge >= 0.3 is 0 Å². The Morgan fingerprint density at radius 2 is 2.07 bits per heavy atom. The number of hydrogen-bond acceptors (Lipinski definition) is 6. The number of fused-ring (bicyclic) bond motifs is 1. The lowest BCUT2D eigenvalue weighted by molar-refractivity contribution is -0.384. The third-order valence-corrected chi connectivity index (χ3v) is 5.67. The smallest absolute Gasteiger partial charge is 0.269 e. The standard InChI is InChI=1S/C20H18N4O4S/c1-12-10-14(24(27)28)8-9-16(12)21-18(25)11-29-20-22-17-5-3-2-4-15(17)19(26)23(20)13-6-7-13/h2-5,8-10,13H,6-7,11H2,1H3,(H,21,25). The maximum absolute atomic E-state index is 12.9. The number of anilines is 1. The molecule has 0 radical (unpaired) electrons. The second-order valence-electron chi connectivity index (χ2n) is 6.91. The van der Waals surface area contributed by atoms with Crippen molar-refractivity contribution in [1.82, 2.24) is 9.55 Å². The molecule has 29 heavy (non-hydrogen) atoms. The molecule has 0 aliphatic heterocycles. The molecule has 1 fully saturated rings. The van der Waals surface area contributed by atoms with Gasteiger partial charge < -0.3 is 5.32 Å². The van der Waals surface area contributed by atoms with Crippen molar-refractivity contribution in [3.63, 3.8) is 0 Å². The summed E-state index contributed by atoms with van der Waals surface area (Å²) in [6, 6.07) is 11.6. The largest absolute Gasteiger partial charge is 0.325 e. The monoisotopic (exact) mass is 410 g/mol. The molecule has 4 rings (SSSR count).